The third-order valence-corrected chi connectivity index (χ3v) is 9.23. The van der Waals surface area contributed by atoms with Gasteiger partial charge in [-0.25, -0.2) is 8.42 Å². The zero-order chi connectivity index (χ0) is 34.4. The van der Waals surface area contributed by atoms with Crippen LogP contribution in [-0.2, 0) is 38.8 Å². The van der Waals surface area contributed by atoms with Crippen LogP contribution in [0.5, 0.6) is 0 Å². The topological polar surface area (TPSA) is 86.8 Å². The van der Waals surface area contributed by atoms with E-state index < -0.39 is 51.7 Å². The van der Waals surface area contributed by atoms with Crippen molar-refractivity contribution in [3.8, 4) is 0 Å². The SMILES string of the molecule is Cc1ccccc1CN(C(=O)CN(c1cccc(C(F)(F)F)c1)S(=O)(=O)c1ccccc1)[C@@H](Cc1ccccc1)C(=O)NC(C)(C)C. The fourth-order valence-electron chi connectivity index (χ4n) is 5.06. The van der Waals surface area contributed by atoms with E-state index in [1.807, 2.05) is 55.5 Å². The van der Waals surface area contributed by atoms with Gasteiger partial charge in [0.2, 0.25) is 11.8 Å². The molecule has 0 aliphatic rings. The van der Waals surface area contributed by atoms with E-state index in [1.54, 1.807) is 32.9 Å². The number of anilines is 1. The third kappa shape index (κ3) is 9.22. The number of amides is 2. The zero-order valence-electron chi connectivity index (χ0n) is 26.7. The number of carbonyl (C=O) groups is 2. The average molecular weight is 666 g/mol. The molecule has 0 spiro atoms. The Morgan fingerprint density at radius 2 is 1.40 bits per heavy atom. The van der Waals surface area contributed by atoms with E-state index in [1.165, 1.54) is 35.2 Å². The molecule has 0 aliphatic heterocycles. The van der Waals surface area contributed by atoms with Crippen LogP contribution >= 0.6 is 0 Å². The monoisotopic (exact) mass is 665 g/mol. The maximum atomic E-state index is 14.5. The lowest BCUT2D eigenvalue weighted by atomic mass is 10.00. The first-order valence-corrected chi connectivity index (χ1v) is 16.5. The van der Waals surface area contributed by atoms with Crippen LogP contribution in [0.4, 0.5) is 18.9 Å². The van der Waals surface area contributed by atoms with Gasteiger partial charge >= 0.3 is 6.18 Å². The number of carbonyl (C=O) groups excluding carboxylic acids is 2. The molecule has 4 rings (SSSR count). The van der Waals surface area contributed by atoms with Crippen molar-refractivity contribution in [3.63, 3.8) is 0 Å². The molecule has 0 aliphatic carbocycles. The largest absolute Gasteiger partial charge is 0.416 e. The van der Waals surface area contributed by atoms with Gasteiger partial charge < -0.3 is 10.2 Å². The maximum absolute atomic E-state index is 14.5. The highest BCUT2D eigenvalue weighted by molar-refractivity contribution is 7.92. The van der Waals surface area contributed by atoms with Crippen LogP contribution in [-0.4, -0.2) is 43.3 Å². The average Bonchev–Trinajstić information content (AvgIpc) is 3.02. The Morgan fingerprint density at radius 3 is 2.00 bits per heavy atom. The van der Waals surface area contributed by atoms with Gasteiger partial charge in [0.25, 0.3) is 10.0 Å². The molecule has 0 heterocycles. The van der Waals surface area contributed by atoms with Crippen LogP contribution in [0, 0.1) is 6.92 Å². The van der Waals surface area contributed by atoms with Crippen LogP contribution in [0.1, 0.15) is 43.0 Å². The molecule has 0 saturated carbocycles. The number of alkyl halides is 3. The summed E-state index contributed by atoms with van der Waals surface area (Å²) in [5.41, 5.74) is 0.247. The molecule has 0 unspecified atom stereocenters. The highest BCUT2D eigenvalue weighted by Gasteiger charge is 2.37. The molecule has 0 radical (unpaired) electrons. The number of benzene rings is 4. The van der Waals surface area contributed by atoms with E-state index in [-0.39, 0.29) is 23.5 Å². The van der Waals surface area contributed by atoms with Crippen molar-refractivity contribution >= 4 is 27.5 Å². The lowest BCUT2D eigenvalue weighted by molar-refractivity contribution is -0.140. The summed E-state index contributed by atoms with van der Waals surface area (Å²) in [6.45, 7) is 6.36. The van der Waals surface area contributed by atoms with Gasteiger partial charge in [-0.15, -0.1) is 0 Å². The smallest absolute Gasteiger partial charge is 0.350 e. The molecule has 0 aromatic heterocycles. The number of halogens is 3. The first-order chi connectivity index (χ1) is 22.1. The van der Waals surface area contributed by atoms with Gasteiger partial charge in [0.05, 0.1) is 16.1 Å². The second kappa shape index (κ2) is 14.4. The molecule has 1 N–H and O–H groups in total. The number of nitrogens with one attached hydrogen (secondary N) is 1. The van der Waals surface area contributed by atoms with Crippen molar-refractivity contribution in [1.82, 2.24) is 10.2 Å². The van der Waals surface area contributed by atoms with E-state index in [0.717, 1.165) is 28.8 Å². The Morgan fingerprint density at radius 1 is 0.809 bits per heavy atom. The Bertz CT molecular complexity index is 1790. The highest BCUT2D eigenvalue weighted by Crippen LogP contribution is 2.33. The van der Waals surface area contributed by atoms with Crippen molar-refractivity contribution in [2.24, 2.45) is 0 Å². The minimum atomic E-state index is -4.76. The number of hydrogen-bond donors (Lipinski definition) is 1. The summed E-state index contributed by atoms with van der Waals surface area (Å²) >= 11 is 0. The molecular formula is C36H38F3N3O4S. The Kier molecular flexibility index (Phi) is 10.8. The summed E-state index contributed by atoms with van der Waals surface area (Å²) in [6, 6.07) is 26.3. The number of hydrogen-bond acceptors (Lipinski definition) is 4. The molecule has 2 amide bonds. The summed E-state index contributed by atoms with van der Waals surface area (Å²) < 4.78 is 70.1. The fourth-order valence-corrected chi connectivity index (χ4v) is 6.49. The predicted octanol–water partition coefficient (Wildman–Crippen LogP) is 6.76. The van der Waals surface area contributed by atoms with E-state index >= 15 is 0 Å². The number of aryl methyl sites for hydroxylation is 1. The van der Waals surface area contributed by atoms with Crippen molar-refractivity contribution in [1.29, 1.82) is 0 Å². The van der Waals surface area contributed by atoms with Crippen molar-refractivity contribution < 1.29 is 31.2 Å². The minimum absolute atomic E-state index is 0.0532. The van der Waals surface area contributed by atoms with Crippen LogP contribution in [0.25, 0.3) is 0 Å². The van der Waals surface area contributed by atoms with E-state index in [0.29, 0.717) is 10.4 Å². The molecule has 0 bridgehead atoms. The quantitative estimate of drug-likeness (QED) is 0.192. The van der Waals surface area contributed by atoms with Crippen molar-refractivity contribution in [2.75, 3.05) is 10.8 Å². The first kappa shape index (κ1) is 35.2. The van der Waals surface area contributed by atoms with Crippen LogP contribution in [0.3, 0.4) is 0 Å². The molecule has 47 heavy (non-hydrogen) atoms. The van der Waals surface area contributed by atoms with E-state index in [9.17, 15) is 31.2 Å². The molecule has 0 saturated heterocycles. The molecule has 4 aromatic carbocycles. The fraction of sp³-hybridized carbons (Fsp3) is 0.278. The van der Waals surface area contributed by atoms with Gasteiger partial charge in [0.1, 0.15) is 12.6 Å². The zero-order valence-corrected chi connectivity index (χ0v) is 27.5. The Hall–Kier alpha value is -4.64. The molecule has 4 aromatic rings. The van der Waals surface area contributed by atoms with Gasteiger partial charge in [0, 0.05) is 18.5 Å². The summed E-state index contributed by atoms with van der Waals surface area (Å²) in [5, 5.41) is 2.95. The molecular weight excluding hydrogens is 627 g/mol. The minimum Gasteiger partial charge on any atom is -0.350 e. The van der Waals surface area contributed by atoms with Crippen LogP contribution < -0.4 is 9.62 Å². The normalized spacial score (nSPS) is 12.7. The summed E-state index contributed by atoms with van der Waals surface area (Å²) in [6.07, 6.45) is -4.65. The number of sulfonamides is 1. The number of nitrogens with zero attached hydrogens (tertiary/aromatic N) is 2. The van der Waals surface area contributed by atoms with Gasteiger partial charge in [-0.3, -0.25) is 13.9 Å². The van der Waals surface area contributed by atoms with Gasteiger partial charge in [-0.05, 0) is 74.7 Å². The van der Waals surface area contributed by atoms with Crippen LogP contribution in [0.15, 0.2) is 114 Å². The molecule has 1 atom stereocenters. The standard InChI is InChI=1S/C36H38F3N3O4S/c1-26-14-11-12-17-28(26)24-41(32(34(44)40-35(2,3)4)22-27-15-7-5-8-16-27)33(43)25-42(47(45,46)31-20-9-6-10-21-31)30-19-13-18-29(23-30)36(37,38)39/h5-21,23,32H,22,24-25H2,1-4H3,(H,40,44)/t32-/m0/s1. The molecule has 11 heteroatoms. The number of rotatable bonds is 11. The van der Waals surface area contributed by atoms with Crippen molar-refractivity contribution in [2.45, 2.75) is 63.3 Å². The molecule has 7 nitrogen and oxygen atoms in total. The second-order valence-corrected chi connectivity index (χ2v) is 14.1. The van der Waals surface area contributed by atoms with E-state index in [2.05, 4.69) is 5.32 Å². The van der Waals surface area contributed by atoms with Gasteiger partial charge in [0.15, 0.2) is 0 Å². The maximum Gasteiger partial charge on any atom is 0.416 e. The van der Waals surface area contributed by atoms with Crippen LogP contribution in [0.2, 0.25) is 0 Å². The van der Waals surface area contributed by atoms with Gasteiger partial charge in [-0.2, -0.15) is 13.2 Å². The Balaban J connectivity index is 1.86. The second-order valence-electron chi connectivity index (χ2n) is 12.3. The lowest BCUT2D eigenvalue weighted by Crippen LogP contribution is -2.56. The molecule has 248 valence electrons. The van der Waals surface area contributed by atoms with Gasteiger partial charge in [-0.1, -0.05) is 78.9 Å². The predicted molar refractivity (Wildman–Crippen MR) is 176 cm³/mol. The lowest BCUT2D eigenvalue weighted by Gasteiger charge is -2.35. The summed E-state index contributed by atoms with van der Waals surface area (Å²) in [4.78, 5) is 29.6. The highest BCUT2D eigenvalue weighted by atomic mass is 32.2. The third-order valence-electron chi connectivity index (χ3n) is 7.44. The summed E-state index contributed by atoms with van der Waals surface area (Å²) in [7, 11) is -4.54. The Labute approximate surface area is 274 Å². The summed E-state index contributed by atoms with van der Waals surface area (Å²) in [5.74, 6) is -1.23. The van der Waals surface area contributed by atoms with Crippen molar-refractivity contribution in [3.05, 3.63) is 131 Å². The first-order valence-electron chi connectivity index (χ1n) is 15.0. The van der Waals surface area contributed by atoms with E-state index in [4.69, 9.17) is 0 Å². The molecule has 0 fully saturated rings.